The van der Waals surface area contributed by atoms with Gasteiger partial charge in [-0.25, -0.2) is 0 Å². The number of imide groups is 1. The summed E-state index contributed by atoms with van der Waals surface area (Å²) in [5, 5.41) is 16.5. The molecular formula is C26H25N3O5. The summed E-state index contributed by atoms with van der Waals surface area (Å²) in [7, 11) is 0. The molecule has 0 unspecified atom stereocenters. The predicted octanol–water partition coefficient (Wildman–Crippen LogP) is 2.86. The smallest absolute Gasteiger partial charge is 0.261 e. The Morgan fingerprint density at radius 2 is 1.47 bits per heavy atom. The summed E-state index contributed by atoms with van der Waals surface area (Å²) in [6.45, 7) is 0.919. The van der Waals surface area contributed by atoms with Crippen LogP contribution in [-0.4, -0.2) is 53.3 Å². The topological polar surface area (TPSA) is 116 Å². The number of phenols is 1. The summed E-state index contributed by atoms with van der Waals surface area (Å²) in [5.74, 6) is -1.13. The molecule has 3 aromatic rings. The quantitative estimate of drug-likeness (QED) is 0.336. The molecule has 1 aliphatic heterocycles. The molecule has 8 nitrogen and oxygen atoms in total. The van der Waals surface area contributed by atoms with E-state index < -0.39 is 0 Å². The van der Waals surface area contributed by atoms with E-state index in [0.29, 0.717) is 48.0 Å². The lowest BCUT2D eigenvalue weighted by Crippen LogP contribution is -2.41. The number of aromatic hydroxyl groups is 1. The number of hydrogen-bond acceptors (Lipinski definition) is 5. The Morgan fingerprint density at radius 3 is 2.15 bits per heavy atom. The minimum atomic E-state index is -0.336. The molecule has 0 atom stereocenters. The number of amides is 4. The molecule has 0 aliphatic carbocycles. The van der Waals surface area contributed by atoms with Crippen molar-refractivity contribution in [1.29, 1.82) is 0 Å². The highest BCUT2D eigenvalue weighted by molar-refractivity contribution is 6.25. The third-order valence-corrected chi connectivity index (χ3v) is 5.71. The van der Waals surface area contributed by atoms with E-state index >= 15 is 0 Å². The van der Waals surface area contributed by atoms with E-state index in [9.17, 15) is 24.3 Å². The zero-order valence-electron chi connectivity index (χ0n) is 18.5. The van der Waals surface area contributed by atoms with Crippen molar-refractivity contribution >= 4 is 34.4 Å². The molecule has 0 aromatic heterocycles. The Balaban J connectivity index is 1.19. The molecule has 0 bridgehead atoms. The van der Waals surface area contributed by atoms with Crippen LogP contribution < -0.4 is 10.6 Å². The number of carbonyl (C=O) groups excluding carboxylic acids is 4. The van der Waals surface area contributed by atoms with Crippen molar-refractivity contribution in [2.45, 2.75) is 19.3 Å². The molecule has 3 aromatic carbocycles. The van der Waals surface area contributed by atoms with Crippen molar-refractivity contribution in [3.05, 3.63) is 77.4 Å². The first-order chi connectivity index (χ1) is 16.5. The number of carbonyl (C=O) groups is 4. The molecule has 3 N–H and O–H groups in total. The van der Waals surface area contributed by atoms with Crippen molar-refractivity contribution in [2.24, 2.45) is 0 Å². The number of rotatable bonds is 9. The van der Waals surface area contributed by atoms with Gasteiger partial charge in [0.2, 0.25) is 5.91 Å². The molecule has 1 aliphatic rings. The van der Waals surface area contributed by atoms with Crippen molar-refractivity contribution in [3.63, 3.8) is 0 Å². The van der Waals surface area contributed by atoms with E-state index in [1.807, 2.05) is 12.1 Å². The largest absolute Gasteiger partial charge is 0.508 e. The zero-order valence-corrected chi connectivity index (χ0v) is 18.5. The second-order valence-corrected chi connectivity index (χ2v) is 8.08. The van der Waals surface area contributed by atoms with E-state index in [1.165, 1.54) is 17.0 Å². The van der Waals surface area contributed by atoms with Crippen LogP contribution in [0.3, 0.4) is 0 Å². The van der Waals surface area contributed by atoms with Crippen LogP contribution in [0.1, 0.15) is 50.3 Å². The van der Waals surface area contributed by atoms with E-state index in [4.69, 9.17) is 0 Å². The number of phenolic OH excluding ortho intramolecular Hbond substituents is 1. The fraction of sp³-hybridized carbons (Fsp3) is 0.231. The predicted molar refractivity (Wildman–Crippen MR) is 127 cm³/mol. The molecule has 1 heterocycles. The highest BCUT2D eigenvalue weighted by Gasteiger charge is 2.32. The van der Waals surface area contributed by atoms with Gasteiger partial charge in [0, 0.05) is 48.1 Å². The molecule has 0 spiro atoms. The summed E-state index contributed by atoms with van der Waals surface area (Å²) in [4.78, 5) is 51.1. The van der Waals surface area contributed by atoms with Gasteiger partial charge in [0.05, 0.1) is 0 Å². The van der Waals surface area contributed by atoms with Crippen LogP contribution in [0.2, 0.25) is 0 Å². The van der Waals surface area contributed by atoms with E-state index in [-0.39, 0.29) is 42.3 Å². The van der Waals surface area contributed by atoms with E-state index in [1.54, 1.807) is 36.4 Å². The molecule has 0 saturated carbocycles. The second kappa shape index (κ2) is 10.2. The van der Waals surface area contributed by atoms with Crippen LogP contribution in [0.25, 0.3) is 10.8 Å². The van der Waals surface area contributed by atoms with Gasteiger partial charge in [-0.2, -0.15) is 0 Å². The monoisotopic (exact) mass is 459 g/mol. The molecular weight excluding hydrogens is 434 g/mol. The van der Waals surface area contributed by atoms with Crippen LogP contribution in [0.4, 0.5) is 0 Å². The number of hydrogen-bond donors (Lipinski definition) is 3. The van der Waals surface area contributed by atoms with Crippen molar-refractivity contribution < 1.29 is 24.3 Å². The molecule has 8 heteroatoms. The van der Waals surface area contributed by atoms with Gasteiger partial charge < -0.3 is 15.7 Å². The molecule has 34 heavy (non-hydrogen) atoms. The highest BCUT2D eigenvalue weighted by atomic mass is 16.3. The third-order valence-electron chi connectivity index (χ3n) is 5.71. The van der Waals surface area contributed by atoms with Gasteiger partial charge in [0.1, 0.15) is 5.75 Å². The highest BCUT2D eigenvalue weighted by Crippen LogP contribution is 2.30. The SMILES string of the molecule is O=C(CCCN1C(=O)c2cccc3cccc(c23)C1=O)NCCCNC(=O)c1cccc(O)c1. The second-order valence-electron chi connectivity index (χ2n) is 8.08. The number of benzene rings is 3. The van der Waals surface area contributed by atoms with Crippen LogP contribution in [-0.2, 0) is 4.79 Å². The fourth-order valence-electron chi connectivity index (χ4n) is 4.04. The van der Waals surface area contributed by atoms with Crippen molar-refractivity contribution in [3.8, 4) is 5.75 Å². The Kier molecular flexibility index (Phi) is 6.87. The summed E-state index contributed by atoms with van der Waals surface area (Å²) < 4.78 is 0. The molecule has 0 saturated heterocycles. The molecule has 4 amide bonds. The zero-order chi connectivity index (χ0) is 24.1. The molecule has 0 fully saturated rings. The summed E-state index contributed by atoms with van der Waals surface area (Å²) in [6, 6.07) is 16.9. The summed E-state index contributed by atoms with van der Waals surface area (Å²) in [5.41, 5.74) is 1.37. The van der Waals surface area contributed by atoms with Gasteiger partial charge in [-0.05, 0) is 48.6 Å². The minimum absolute atomic E-state index is 0.0223. The lowest BCUT2D eigenvalue weighted by molar-refractivity contribution is -0.121. The summed E-state index contributed by atoms with van der Waals surface area (Å²) in [6.07, 6.45) is 1.08. The standard InChI is InChI=1S/C26H25N3O5/c30-19-9-1-8-18(16-19)24(32)28-14-5-13-27-22(31)12-4-15-29-25(33)20-10-2-6-17-7-3-11-21(23(17)20)26(29)34/h1-3,6-11,16,30H,4-5,12-15H2,(H,27,31)(H,28,32). The van der Waals surface area contributed by atoms with Crippen molar-refractivity contribution in [1.82, 2.24) is 15.5 Å². The Labute approximate surface area is 196 Å². The lowest BCUT2D eigenvalue weighted by Gasteiger charge is -2.27. The van der Waals surface area contributed by atoms with Gasteiger partial charge >= 0.3 is 0 Å². The first-order valence-electron chi connectivity index (χ1n) is 11.2. The fourth-order valence-corrected chi connectivity index (χ4v) is 4.04. The van der Waals surface area contributed by atoms with Crippen LogP contribution in [0, 0.1) is 0 Å². The molecule has 174 valence electrons. The normalized spacial score (nSPS) is 12.6. The van der Waals surface area contributed by atoms with Gasteiger partial charge in [-0.3, -0.25) is 24.1 Å². The van der Waals surface area contributed by atoms with Crippen LogP contribution in [0.15, 0.2) is 60.7 Å². The maximum Gasteiger partial charge on any atom is 0.261 e. The molecule has 0 radical (unpaired) electrons. The average Bonchev–Trinajstić information content (AvgIpc) is 2.84. The molecule has 4 rings (SSSR count). The van der Waals surface area contributed by atoms with Crippen molar-refractivity contribution in [2.75, 3.05) is 19.6 Å². The maximum atomic E-state index is 12.9. The Hall–Kier alpha value is -4.20. The Bertz CT molecular complexity index is 1220. The Morgan fingerprint density at radius 1 is 0.824 bits per heavy atom. The third kappa shape index (κ3) is 4.91. The first kappa shape index (κ1) is 23.0. The van der Waals surface area contributed by atoms with Gasteiger partial charge in [-0.1, -0.05) is 30.3 Å². The lowest BCUT2D eigenvalue weighted by atomic mass is 9.94. The number of nitrogens with zero attached hydrogens (tertiary/aromatic N) is 1. The first-order valence-corrected chi connectivity index (χ1v) is 11.2. The van der Waals surface area contributed by atoms with E-state index in [0.717, 1.165) is 5.39 Å². The van der Waals surface area contributed by atoms with Crippen LogP contribution >= 0.6 is 0 Å². The maximum absolute atomic E-state index is 12.9. The average molecular weight is 460 g/mol. The minimum Gasteiger partial charge on any atom is -0.508 e. The number of nitrogens with one attached hydrogen (secondary N) is 2. The van der Waals surface area contributed by atoms with Crippen LogP contribution in [0.5, 0.6) is 5.75 Å². The summed E-state index contributed by atoms with van der Waals surface area (Å²) >= 11 is 0. The van der Waals surface area contributed by atoms with Gasteiger partial charge in [-0.15, -0.1) is 0 Å². The van der Waals surface area contributed by atoms with E-state index in [2.05, 4.69) is 10.6 Å². The van der Waals surface area contributed by atoms with Gasteiger partial charge in [0.15, 0.2) is 0 Å². The van der Waals surface area contributed by atoms with Gasteiger partial charge in [0.25, 0.3) is 17.7 Å².